The number of rotatable bonds is 10. The second-order valence-corrected chi connectivity index (χ2v) is 17.7. The molecule has 0 saturated carbocycles. The Morgan fingerprint density at radius 3 is 1.76 bits per heavy atom. The number of benzene rings is 11. The summed E-state index contributed by atoms with van der Waals surface area (Å²) >= 11 is 0. The second kappa shape index (κ2) is 16.9. The lowest BCUT2D eigenvalue weighted by atomic mass is 9.67. The molecule has 1 atom stereocenters. The van der Waals surface area contributed by atoms with Gasteiger partial charge in [-0.25, -0.2) is 0 Å². The van der Waals surface area contributed by atoms with Gasteiger partial charge in [0.1, 0.15) is 0 Å². The van der Waals surface area contributed by atoms with Gasteiger partial charge < -0.3 is 11.1 Å². The molecule has 0 aliphatic heterocycles. The van der Waals surface area contributed by atoms with Crippen LogP contribution >= 0.6 is 0 Å². The van der Waals surface area contributed by atoms with E-state index in [0.29, 0.717) is 6.54 Å². The predicted octanol–water partition coefficient (Wildman–Crippen LogP) is 15.7. The lowest BCUT2D eigenvalue weighted by Crippen LogP contribution is -2.28. The molecule has 0 aromatic heterocycles. The van der Waals surface area contributed by atoms with E-state index in [9.17, 15) is 0 Å². The predicted molar refractivity (Wildman–Crippen MR) is 282 cm³/mol. The zero-order chi connectivity index (χ0) is 44.7. The Kier molecular flexibility index (Phi) is 10.2. The van der Waals surface area contributed by atoms with E-state index in [4.69, 9.17) is 5.73 Å². The Hall–Kier alpha value is -8.30. The van der Waals surface area contributed by atoms with E-state index in [1.54, 1.807) is 0 Å². The number of hydrogen-bond donors (Lipinski definition) is 2. The lowest BCUT2D eigenvalue weighted by molar-refractivity contribution is 0.622. The van der Waals surface area contributed by atoms with Gasteiger partial charge in [-0.1, -0.05) is 243 Å². The van der Waals surface area contributed by atoms with Crippen LogP contribution in [0, 0.1) is 0 Å². The highest BCUT2D eigenvalue weighted by molar-refractivity contribution is 6.20. The zero-order valence-corrected chi connectivity index (χ0v) is 37.1. The van der Waals surface area contributed by atoms with Crippen LogP contribution in [0.4, 0.5) is 0 Å². The van der Waals surface area contributed by atoms with Crippen molar-refractivity contribution < 1.29 is 0 Å². The van der Waals surface area contributed by atoms with Crippen molar-refractivity contribution in [2.45, 2.75) is 18.0 Å². The molecular formula is C65H48N2. The standard InChI is InChI=1S/C65H48N2/c66-61(57-32-18-34-60-64(57)56-31-16-17-33-59(56)65(60,50-24-6-2-7-25-50)51-26-8-3-9-27-51)42-62(47-37-35-45(36-38-47)44-19-4-1-5-20-44)67-43-49-23-12-15-30-54(49)63-53-29-14-11-22-48(53)41-58-52-28-13-10-21-46(52)39-40-55(58)63/h1-42,62,67H,43,66H2/b61-42-. The van der Waals surface area contributed by atoms with Gasteiger partial charge >= 0.3 is 0 Å². The Morgan fingerprint density at radius 2 is 1.01 bits per heavy atom. The van der Waals surface area contributed by atoms with Crippen LogP contribution in [0.25, 0.3) is 71.4 Å². The summed E-state index contributed by atoms with van der Waals surface area (Å²) < 4.78 is 0. The summed E-state index contributed by atoms with van der Waals surface area (Å²) in [6, 6.07) is 90.2. The van der Waals surface area contributed by atoms with Crippen molar-refractivity contribution in [1.82, 2.24) is 5.32 Å². The summed E-state index contributed by atoms with van der Waals surface area (Å²) in [6.45, 7) is 0.615. The minimum Gasteiger partial charge on any atom is -0.398 e. The number of fused-ring (bicyclic) bond motifs is 7. The van der Waals surface area contributed by atoms with Gasteiger partial charge in [-0.3, -0.25) is 0 Å². The van der Waals surface area contributed by atoms with Crippen molar-refractivity contribution in [3.05, 3.63) is 294 Å². The molecular weight excluding hydrogens is 809 g/mol. The van der Waals surface area contributed by atoms with Gasteiger partial charge in [0.15, 0.2) is 0 Å². The third-order valence-corrected chi connectivity index (χ3v) is 14.1. The van der Waals surface area contributed by atoms with E-state index < -0.39 is 5.41 Å². The maximum Gasteiger partial charge on any atom is 0.0713 e. The maximum atomic E-state index is 7.53. The van der Waals surface area contributed by atoms with Gasteiger partial charge in [0, 0.05) is 17.8 Å². The second-order valence-electron chi connectivity index (χ2n) is 17.7. The van der Waals surface area contributed by atoms with Gasteiger partial charge in [-0.05, 0) is 111 Å². The van der Waals surface area contributed by atoms with Crippen molar-refractivity contribution in [3.8, 4) is 33.4 Å². The molecule has 12 rings (SSSR count). The van der Waals surface area contributed by atoms with Crippen LogP contribution in [-0.4, -0.2) is 0 Å². The summed E-state index contributed by atoms with van der Waals surface area (Å²) in [4.78, 5) is 0. The topological polar surface area (TPSA) is 38.0 Å². The van der Waals surface area contributed by atoms with Gasteiger partial charge in [0.2, 0.25) is 0 Å². The fourth-order valence-electron chi connectivity index (χ4n) is 11.0. The average Bonchev–Trinajstić information content (AvgIpc) is 3.71. The fraction of sp³-hybridized carbons (Fsp3) is 0.0462. The van der Waals surface area contributed by atoms with Crippen LogP contribution in [-0.2, 0) is 12.0 Å². The molecule has 0 fully saturated rings. The minimum atomic E-state index is -0.516. The van der Waals surface area contributed by atoms with Crippen molar-refractivity contribution in [2.75, 3.05) is 0 Å². The van der Waals surface area contributed by atoms with E-state index >= 15 is 0 Å². The Morgan fingerprint density at radius 1 is 0.433 bits per heavy atom. The maximum absolute atomic E-state index is 7.53. The van der Waals surface area contributed by atoms with E-state index in [1.807, 2.05) is 0 Å². The number of hydrogen-bond acceptors (Lipinski definition) is 2. The number of nitrogens with one attached hydrogen (secondary N) is 1. The molecule has 0 heterocycles. The van der Waals surface area contributed by atoms with Crippen molar-refractivity contribution >= 4 is 38.0 Å². The third kappa shape index (κ3) is 6.85. The van der Waals surface area contributed by atoms with Crippen LogP contribution in [0.3, 0.4) is 0 Å². The van der Waals surface area contributed by atoms with Crippen LogP contribution in [0.1, 0.15) is 45.0 Å². The first kappa shape index (κ1) is 40.2. The van der Waals surface area contributed by atoms with Crippen LogP contribution in [0.5, 0.6) is 0 Å². The third-order valence-electron chi connectivity index (χ3n) is 14.1. The van der Waals surface area contributed by atoms with Crippen LogP contribution in [0.15, 0.2) is 255 Å². The summed E-state index contributed by atoms with van der Waals surface area (Å²) in [5, 5.41) is 11.6. The van der Waals surface area contributed by atoms with Gasteiger partial charge in [0.25, 0.3) is 0 Å². The highest BCUT2D eigenvalue weighted by Crippen LogP contribution is 2.57. The fourth-order valence-corrected chi connectivity index (χ4v) is 11.0. The lowest BCUT2D eigenvalue weighted by Gasteiger charge is -2.34. The molecule has 1 aliphatic carbocycles. The van der Waals surface area contributed by atoms with E-state index in [-0.39, 0.29) is 6.04 Å². The van der Waals surface area contributed by atoms with E-state index in [0.717, 1.165) is 16.8 Å². The van der Waals surface area contributed by atoms with Gasteiger partial charge in [-0.15, -0.1) is 0 Å². The summed E-state index contributed by atoms with van der Waals surface area (Å²) in [7, 11) is 0. The average molecular weight is 857 g/mol. The van der Waals surface area contributed by atoms with Crippen molar-refractivity contribution in [1.29, 1.82) is 0 Å². The summed E-state index contributed by atoms with van der Waals surface area (Å²) in [5.41, 5.74) is 23.3. The molecule has 2 nitrogen and oxygen atoms in total. The van der Waals surface area contributed by atoms with E-state index in [2.05, 4.69) is 260 Å². The first-order valence-electron chi connectivity index (χ1n) is 23.3. The quantitative estimate of drug-likeness (QED) is 0.106. The molecule has 1 aliphatic rings. The molecule has 67 heavy (non-hydrogen) atoms. The Balaban J connectivity index is 0.998. The van der Waals surface area contributed by atoms with Crippen LogP contribution in [0.2, 0.25) is 0 Å². The SMILES string of the molecule is N/C(=C\C(NCc1ccccc1-c1c2ccccc2cc2c1ccc1ccccc12)c1ccc(-c2ccccc2)cc1)c1cccc2c1-c1ccccc1C2(c1ccccc1)c1ccccc1. The molecule has 0 amide bonds. The Labute approximate surface area is 392 Å². The van der Waals surface area contributed by atoms with Crippen LogP contribution < -0.4 is 11.1 Å². The largest absolute Gasteiger partial charge is 0.398 e. The minimum absolute atomic E-state index is 0.216. The molecule has 11 aromatic carbocycles. The Bertz CT molecular complexity index is 3590. The van der Waals surface area contributed by atoms with Crippen molar-refractivity contribution in [3.63, 3.8) is 0 Å². The molecule has 0 spiro atoms. The molecule has 0 bridgehead atoms. The first-order valence-corrected chi connectivity index (χ1v) is 23.3. The van der Waals surface area contributed by atoms with Gasteiger partial charge in [-0.2, -0.15) is 0 Å². The van der Waals surface area contributed by atoms with Crippen molar-refractivity contribution in [2.24, 2.45) is 5.73 Å². The smallest absolute Gasteiger partial charge is 0.0713 e. The summed E-state index contributed by atoms with van der Waals surface area (Å²) in [5.74, 6) is 0. The molecule has 3 N–H and O–H groups in total. The molecule has 1 unspecified atom stereocenters. The highest BCUT2D eigenvalue weighted by Gasteiger charge is 2.46. The molecule has 0 saturated heterocycles. The monoisotopic (exact) mass is 856 g/mol. The normalized spacial score (nSPS) is 13.4. The molecule has 318 valence electrons. The number of nitrogens with two attached hydrogens (primary N) is 1. The molecule has 2 heteroatoms. The summed E-state index contributed by atoms with van der Waals surface area (Å²) in [6.07, 6.45) is 2.24. The molecule has 0 radical (unpaired) electrons. The highest BCUT2D eigenvalue weighted by atomic mass is 14.9. The first-order chi connectivity index (χ1) is 33.2. The molecule has 11 aromatic rings. The zero-order valence-electron chi connectivity index (χ0n) is 37.1. The van der Waals surface area contributed by atoms with E-state index in [1.165, 1.54) is 93.5 Å². The van der Waals surface area contributed by atoms with Gasteiger partial charge in [0.05, 0.1) is 11.5 Å².